The van der Waals surface area contributed by atoms with Crippen molar-refractivity contribution in [3.8, 4) is 0 Å². The summed E-state index contributed by atoms with van der Waals surface area (Å²) in [7, 11) is -3.54. The second-order valence-electron chi connectivity index (χ2n) is 4.14. The van der Waals surface area contributed by atoms with Crippen LogP contribution in [-0.2, 0) is 16.3 Å². The summed E-state index contributed by atoms with van der Waals surface area (Å²) in [5.74, 6) is -0.748. The Morgan fingerprint density at radius 2 is 1.84 bits per heavy atom. The van der Waals surface area contributed by atoms with Gasteiger partial charge < -0.3 is 5.73 Å². The molecule has 100 valence electrons. The molecule has 0 saturated heterocycles. The molecule has 1 heterocycles. The average molecular weight is 280 g/mol. The minimum atomic E-state index is -3.54. The van der Waals surface area contributed by atoms with Gasteiger partial charge in [-0.2, -0.15) is 0 Å². The summed E-state index contributed by atoms with van der Waals surface area (Å²) in [5, 5.41) is 0. The second-order valence-corrected chi connectivity index (χ2v) is 6.25. The van der Waals surface area contributed by atoms with E-state index in [1.807, 2.05) is 0 Å². The van der Waals surface area contributed by atoms with Gasteiger partial charge in [-0.3, -0.25) is 4.98 Å². The molecule has 4 nitrogen and oxygen atoms in total. The van der Waals surface area contributed by atoms with Crippen molar-refractivity contribution in [1.29, 1.82) is 0 Å². The van der Waals surface area contributed by atoms with Crippen molar-refractivity contribution >= 4 is 15.5 Å². The van der Waals surface area contributed by atoms with Crippen molar-refractivity contribution in [2.45, 2.75) is 11.3 Å². The Morgan fingerprint density at radius 3 is 2.47 bits per heavy atom. The van der Waals surface area contributed by atoms with Gasteiger partial charge in [0.2, 0.25) is 0 Å². The molecule has 0 saturated carbocycles. The number of hydrogen-bond donors (Lipinski definition) is 1. The summed E-state index contributed by atoms with van der Waals surface area (Å²) >= 11 is 0. The average Bonchev–Trinajstić information content (AvgIpc) is 2.37. The predicted octanol–water partition coefficient (Wildman–Crippen LogP) is 1.82. The second kappa shape index (κ2) is 5.36. The van der Waals surface area contributed by atoms with Crippen molar-refractivity contribution in [3.05, 3.63) is 54.1 Å². The van der Waals surface area contributed by atoms with Crippen LogP contribution in [0.4, 0.5) is 10.1 Å². The molecule has 2 rings (SSSR count). The summed E-state index contributed by atoms with van der Waals surface area (Å²) in [6.45, 7) is 0. The molecule has 0 fully saturated rings. The van der Waals surface area contributed by atoms with E-state index in [-0.39, 0.29) is 16.3 Å². The Labute approximate surface area is 111 Å². The van der Waals surface area contributed by atoms with Crippen molar-refractivity contribution < 1.29 is 12.8 Å². The maximum absolute atomic E-state index is 13.2. The number of benzene rings is 1. The topological polar surface area (TPSA) is 73.1 Å². The fourth-order valence-electron chi connectivity index (χ4n) is 1.68. The van der Waals surface area contributed by atoms with Crippen molar-refractivity contribution in [2.24, 2.45) is 0 Å². The molecular formula is C13H13FN2O2S. The van der Waals surface area contributed by atoms with E-state index in [9.17, 15) is 12.8 Å². The van der Waals surface area contributed by atoms with Gasteiger partial charge >= 0.3 is 0 Å². The molecule has 0 radical (unpaired) electrons. The van der Waals surface area contributed by atoms with Crippen LogP contribution in [0.3, 0.4) is 0 Å². The number of nitrogen functional groups attached to an aromatic ring is 1. The number of aryl methyl sites for hydroxylation is 1. The summed E-state index contributed by atoms with van der Waals surface area (Å²) in [4.78, 5) is 3.77. The van der Waals surface area contributed by atoms with Crippen LogP contribution in [0.1, 0.15) is 5.56 Å². The fraction of sp³-hybridized carbons (Fsp3) is 0.154. The quantitative estimate of drug-likeness (QED) is 0.867. The van der Waals surface area contributed by atoms with Crippen LogP contribution in [0.25, 0.3) is 0 Å². The zero-order chi connectivity index (χ0) is 13.9. The lowest BCUT2D eigenvalue weighted by Crippen LogP contribution is -2.10. The van der Waals surface area contributed by atoms with Crippen LogP contribution in [0.2, 0.25) is 0 Å². The molecule has 0 unspecified atom stereocenters. The predicted molar refractivity (Wildman–Crippen MR) is 70.8 cm³/mol. The molecular weight excluding hydrogens is 267 g/mol. The number of sulfone groups is 1. The highest BCUT2D eigenvalue weighted by Gasteiger charge is 2.16. The largest absolute Gasteiger partial charge is 0.399 e. The van der Waals surface area contributed by atoms with E-state index in [1.54, 1.807) is 24.5 Å². The van der Waals surface area contributed by atoms with E-state index in [1.165, 1.54) is 6.07 Å². The van der Waals surface area contributed by atoms with Gasteiger partial charge in [0.25, 0.3) is 0 Å². The van der Waals surface area contributed by atoms with E-state index >= 15 is 0 Å². The van der Waals surface area contributed by atoms with E-state index in [0.717, 1.165) is 17.7 Å². The lowest BCUT2D eigenvalue weighted by Gasteiger charge is -2.06. The monoisotopic (exact) mass is 280 g/mol. The molecule has 1 aromatic heterocycles. The maximum atomic E-state index is 13.2. The lowest BCUT2D eigenvalue weighted by atomic mass is 10.2. The van der Waals surface area contributed by atoms with Gasteiger partial charge in [0.05, 0.1) is 10.6 Å². The number of aromatic nitrogens is 1. The van der Waals surface area contributed by atoms with Crippen LogP contribution in [-0.4, -0.2) is 19.2 Å². The van der Waals surface area contributed by atoms with Gasteiger partial charge in [0.1, 0.15) is 5.82 Å². The van der Waals surface area contributed by atoms with E-state index < -0.39 is 15.7 Å². The van der Waals surface area contributed by atoms with Crippen LogP contribution < -0.4 is 5.73 Å². The normalized spacial score (nSPS) is 11.4. The van der Waals surface area contributed by atoms with E-state index in [0.29, 0.717) is 6.42 Å². The number of nitrogens with two attached hydrogens (primary N) is 1. The fourth-order valence-corrected chi connectivity index (χ4v) is 3.03. The Morgan fingerprint density at radius 1 is 1.16 bits per heavy atom. The SMILES string of the molecule is Nc1cc(F)cc(S(=O)(=O)CCc2ccncc2)c1. The highest BCUT2D eigenvalue weighted by atomic mass is 32.2. The number of halogens is 1. The summed E-state index contributed by atoms with van der Waals surface area (Å²) in [5.41, 5.74) is 6.41. The van der Waals surface area contributed by atoms with Gasteiger partial charge in [-0.05, 0) is 42.3 Å². The first-order valence-corrected chi connectivity index (χ1v) is 7.30. The third-order valence-corrected chi connectivity index (χ3v) is 4.36. The zero-order valence-corrected chi connectivity index (χ0v) is 10.9. The highest BCUT2D eigenvalue weighted by Crippen LogP contribution is 2.18. The minimum Gasteiger partial charge on any atom is -0.399 e. The Kier molecular flexibility index (Phi) is 3.80. The Hall–Kier alpha value is -1.95. The van der Waals surface area contributed by atoms with Gasteiger partial charge in [-0.25, -0.2) is 12.8 Å². The first-order valence-electron chi connectivity index (χ1n) is 5.65. The lowest BCUT2D eigenvalue weighted by molar-refractivity contribution is 0.590. The standard InChI is InChI=1S/C13H13FN2O2S/c14-11-7-12(15)9-13(8-11)19(17,18)6-3-10-1-4-16-5-2-10/h1-2,4-5,7-9H,3,6,15H2. The number of hydrogen-bond acceptors (Lipinski definition) is 4. The molecule has 2 aromatic rings. The third kappa shape index (κ3) is 3.51. The summed E-state index contributed by atoms with van der Waals surface area (Å²) in [6, 6.07) is 6.83. The number of rotatable bonds is 4. The van der Waals surface area contributed by atoms with Crippen LogP contribution in [0, 0.1) is 5.82 Å². The van der Waals surface area contributed by atoms with Crippen LogP contribution in [0.15, 0.2) is 47.6 Å². The van der Waals surface area contributed by atoms with Crippen LogP contribution in [0.5, 0.6) is 0 Å². The smallest absolute Gasteiger partial charge is 0.178 e. The van der Waals surface area contributed by atoms with E-state index in [4.69, 9.17) is 5.73 Å². The Balaban J connectivity index is 2.19. The molecule has 0 aliphatic carbocycles. The summed E-state index contributed by atoms with van der Waals surface area (Å²) in [6.07, 6.45) is 3.55. The van der Waals surface area contributed by atoms with E-state index in [2.05, 4.69) is 4.98 Å². The molecule has 0 spiro atoms. The minimum absolute atomic E-state index is 0.0842. The van der Waals surface area contributed by atoms with Crippen molar-refractivity contribution in [3.63, 3.8) is 0 Å². The molecule has 2 N–H and O–H groups in total. The molecule has 1 aromatic carbocycles. The molecule has 0 aliphatic rings. The third-order valence-electron chi connectivity index (χ3n) is 2.66. The summed E-state index contributed by atoms with van der Waals surface area (Å²) < 4.78 is 37.3. The maximum Gasteiger partial charge on any atom is 0.178 e. The van der Waals surface area contributed by atoms with Crippen molar-refractivity contribution in [1.82, 2.24) is 4.98 Å². The molecule has 0 amide bonds. The number of anilines is 1. The first kappa shape index (κ1) is 13.5. The highest BCUT2D eigenvalue weighted by molar-refractivity contribution is 7.91. The van der Waals surface area contributed by atoms with Crippen LogP contribution >= 0.6 is 0 Å². The van der Waals surface area contributed by atoms with Gasteiger partial charge in [0, 0.05) is 18.1 Å². The molecule has 0 aliphatic heterocycles. The number of nitrogens with zero attached hydrogens (tertiary/aromatic N) is 1. The molecule has 0 bridgehead atoms. The van der Waals surface area contributed by atoms with Gasteiger partial charge in [-0.15, -0.1) is 0 Å². The van der Waals surface area contributed by atoms with Crippen molar-refractivity contribution in [2.75, 3.05) is 11.5 Å². The Bertz CT molecular complexity index is 652. The number of pyridine rings is 1. The van der Waals surface area contributed by atoms with Gasteiger partial charge in [-0.1, -0.05) is 0 Å². The first-order chi connectivity index (χ1) is 8.97. The zero-order valence-electron chi connectivity index (χ0n) is 10.1. The van der Waals surface area contributed by atoms with Gasteiger partial charge in [0.15, 0.2) is 9.84 Å². The molecule has 0 atom stereocenters. The molecule has 19 heavy (non-hydrogen) atoms. The molecule has 6 heteroatoms.